The van der Waals surface area contributed by atoms with Gasteiger partial charge in [0.1, 0.15) is 0 Å². The average Bonchev–Trinajstić information content (AvgIpc) is 3.42. The van der Waals surface area contributed by atoms with Crippen LogP contribution in [0, 0.1) is 23.7 Å². The molecule has 1 saturated heterocycles. The first-order valence-electron chi connectivity index (χ1n) is 11.1. The number of amides is 3. The second-order valence-corrected chi connectivity index (χ2v) is 10.7. The number of benzene rings is 1. The van der Waals surface area contributed by atoms with E-state index < -0.39 is 24.5 Å². The number of anilines is 1. The smallest absolute Gasteiger partial charge is 0.338 e. The minimum atomic E-state index is -0.676. The Kier molecular flexibility index (Phi) is 7.42. The molecule has 9 nitrogen and oxygen atoms in total. The number of nitrogens with zero attached hydrogens (tertiary/aromatic N) is 1. The molecule has 3 amide bonds. The summed E-state index contributed by atoms with van der Waals surface area (Å²) < 4.78 is 9.89. The molecule has 2 aliphatic carbocycles. The first-order chi connectivity index (χ1) is 16.2. The van der Waals surface area contributed by atoms with E-state index in [0.29, 0.717) is 11.3 Å². The fourth-order valence-corrected chi connectivity index (χ4v) is 7.03. The highest BCUT2D eigenvalue weighted by molar-refractivity contribution is 9.12. The number of likely N-dealkylation sites (tertiary alicyclic amines) is 1. The SMILES string of the molecule is CCOC(=O)c1ccc(NC(=O)COC(=O)CCN2C(=O)[C@@H]3[C@H]4C[C@@H]([C@H](Br)[C@H]4Br)[C@@H]3C2=O)cc1. The normalized spacial score (nSPS) is 29.2. The number of carbonyl (C=O) groups is 5. The Hall–Kier alpha value is -2.27. The fourth-order valence-electron chi connectivity index (χ4n) is 5.15. The van der Waals surface area contributed by atoms with Crippen LogP contribution < -0.4 is 5.32 Å². The summed E-state index contributed by atoms with van der Waals surface area (Å²) in [5.41, 5.74) is 0.784. The van der Waals surface area contributed by atoms with Crippen LogP contribution in [0.4, 0.5) is 5.69 Å². The molecule has 3 aliphatic rings. The zero-order valence-electron chi connectivity index (χ0n) is 18.4. The van der Waals surface area contributed by atoms with E-state index in [2.05, 4.69) is 37.2 Å². The van der Waals surface area contributed by atoms with Crippen molar-refractivity contribution in [1.82, 2.24) is 4.90 Å². The molecular weight excluding hydrogens is 576 g/mol. The lowest BCUT2D eigenvalue weighted by Crippen LogP contribution is -2.37. The zero-order valence-corrected chi connectivity index (χ0v) is 21.5. The largest absolute Gasteiger partial charge is 0.462 e. The molecule has 1 heterocycles. The van der Waals surface area contributed by atoms with Crippen molar-refractivity contribution in [2.24, 2.45) is 23.7 Å². The molecule has 2 bridgehead atoms. The summed E-state index contributed by atoms with van der Waals surface area (Å²) in [6, 6.07) is 6.10. The van der Waals surface area contributed by atoms with Gasteiger partial charge in [-0.3, -0.25) is 24.1 Å². The molecule has 1 aromatic carbocycles. The van der Waals surface area contributed by atoms with Crippen molar-refractivity contribution in [2.45, 2.75) is 29.4 Å². The monoisotopic (exact) mass is 598 g/mol. The highest BCUT2D eigenvalue weighted by atomic mass is 79.9. The van der Waals surface area contributed by atoms with E-state index in [1.165, 1.54) is 29.2 Å². The molecule has 1 aliphatic heterocycles. The number of carbonyl (C=O) groups excluding carboxylic acids is 5. The molecule has 182 valence electrons. The van der Waals surface area contributed by atoms with E-state index in [0.717, 1.165) is 6.42 Å². The number of fused-ring (bicyclic) bond motifs is 5. The number of hydrogen-bond donors (Lipinski definition) is 1. The van der Waals surface area contributed by atoms with Gasteiger partial charge < -0.3 is 14.8 Å². The zero-order chi connectivity index (χ0) is 24.6. The van der Waals surface area contributed by atoms with Gasteiger partial charge in [-0.15, -0.1) is 0 Å². The third-order valence-electron chi connectivity index (χ3n) is 6.66. The summed E-state index contributed by atoms with van der Waals surface area (Å²) in [7, 11) is 0. The Morgan fingerprint density at radius 1 is 1.00 bits per heavy atom. The molecule has 6 atom stereocenters. The minimum Gasteiger partial charge on any atom is -0.462 e. The molecule has 1 aromatic rings. The van der Waals surface area contributed by atoms with Crippen LogP contribution in [0.2, 0.25) is 0 Å². The van der Waals surface area contributed by atoms with Crippen LogP contribution in [0.3, 0.4) is 0 Å². The molecule has 3 fully saturated rings. The van der Waals surface area contributed by atoms with Crippen molar-refractivity contribution in [1.29, 1.82) is 0 Å². The molecule has 0 aromatic heterocycles. The first kappa shape index (κ1) is 24.8. The van der Waals surface area contributed by atoms with Crippen molar-refractivity contribution in [3.63, 3.8) is 0 Å². The van der Waals surface area contributed by atoms with Crippen molar-refractivity contribution in [2.75, 3.05) is 25.1 Å². The maximum absolute atomic E-state index is 12.8. The minimum absolute atomic E-state index is 0.0558. The lowest BCUT2D eigenvalue weighted by Gasteiger charge is -2.28. The predicted molar refractivity (Wildman–Crippen MR) is 127 cm³/mol. The molecule has 2 saturated carbocycles. The second-order valence-electron chi connectivity index (χ2n) is 8.59. The Labute approximate surface area is 213 Å². The molecule has 11 heteroatoms. The van der Waals surface area contributed by atoms with Crippen LogP contribution in [0.1, 0.15) is 30.1 Å². The Morgan fingerprint density at radius 2 is 1.59 bits per heavy atom. The van der Waals surface area contributed by atoms with E-state index in [1.807, 2.05) is 0 Å². The van der Waals surface area contributed by atoms with Crippen molar-refractivity contribution < 1.29 is 33.4 Å². The van der Waals surface area contributed by atoms with E-state index in [-0.39, 0.29) is 64.7 Å². The van der Waals surface area contributed by atoms with Crippen LogP contribution >= 0.6 is 31.9 Å². The highest BCUT2D eigenvalue weighted by Crippen LogP contribution is 2.60. The molecule has 4 rings (SSSR count). The molecule has 0 unspecified atom stereocenters. The number of rotatable bonds is 8. The first-order valence-corrected chi connectivity index (χ1v) is 12.9. The van der Waals surface area contributed by atoms with E-state index in [4.69, 9.17) is 9.47 Å². The van der Waals surface area contributed by atoms with Gasteiger partial charge in [0.05, 0.1) is 30.4 Å². The maximum Gasteiger partial charge on any atom is 0.338 e. The predicted octanol–water partition coefficient (Wildman–Crippen LogP) is 2.51. The van der Waals surface area contributed by atoms with E-state index in [9.17, 15) is 24.0 Å². The van der Waals surface area contributed by atoms with Gasteiger partial charge in [-0.25, -0.2) is 4.79 Å². The topological polar surface area (TPSA) is 119 Å². The number of imide groups is 1. The number of hydrogen-bond acceptors (Lipinski definition) is 7. The second kappa shape index (κ2) is 10.2. The van der Waals surface area contributed by atoms with Crippen molar-refractivity contribution in [3.8, 4) is 0 Å². The van der Waals surface area contributed by atoms with Gasteiger partial charge in [-0.2, -0.15) is 0 Å². The van der Waals surface area contributed by atoms with Crippen LogP contribution in [0.25, 0.3) is 0 Å². The summed E-state index contributed by atoms with van der Waals surface area (Å²) >= 11 is 7.28. The Balaban J connectivity index is 1.22. The van der Waals surface area contributed by atoms with Crippen molar-refractivity contribution >= 4 is 67.2 Å². The van der Waals surface area contributed by atoms with Gasteiger partial charge >= 0.3 is 11.9 Å². The average molecular weight is 600 g/mol. The third kappa shape index (κ3) is 4.64. The van der Waals surface area contributed by atoms with Crippen LogP contribution in [-0.4, -0.2) is 64.0 Å². The number of ether oxygens (including phenoxy) is 2. The molecule has 0 radical (unpaired) electrons. The molecule has 0 spiro atoms. The Bertz CT molecular complexity index is 983. The summed E-state index contributed by atoms with van der Waals surface area (Å²) in [5, 5.41) is 2.56. The number of alkyl halides is 2. The van der Waals surface area contributed by atoms with Crippen LogP contribution in [-0.2, 0) is 28.7 Å². The van der Waals surface area contributed by atoms with Gasteiger partial charge in [0, 0.05) is 21.9 Å². The summed E-state index contributed by atoms with van der Waals surface area (Å²) in [5.74, 6) is -2.55. The van der Waals surface area contributed by atoms with Crippen LogP contribution in [0.15, 0.2) is 24.3 Å². The number of nitrogens with one attached hydrogen (secondary N) is 1. The number of esters is 2. The van der Waals surface area contributed by atoms with Gasteiger partial charge in [0.2, 0.25) is 11.8 Å². The van der Waals surface area contributed by atoms with Crippen molar-refractivity contribution in [3.05, 3.63) is 29.8 Å². The van der Waals surface area contributed by atoms with Gasteiger partial charge in [0.25, 0.3) is 5.91 Å². The van der Waals surface area contributed by atoms with E-state index in [1.54, 1.807) is 6.92 Å². The molecule has 34 heavy (non-hydrogen) atoms. The van der Waals surface area contributed by atoms with Gasteiger partial charge in [-0.1, -0.05) is 31.9 Å². The highest BCUT2D eigenvalue weighted by Gasteiger charge is 2.66. The fraction of sp³-hybridized carbons (Fsp3) is 0.522. The van der Waals surface area contributed by atoms with E-state index >= 15 is 0 Å². The lowest BCUT2D eigenvalue weighted by atomic mass is 9.81. The summed E-state index contributed by atoms with van der Waals surface area (Å²) in [4.78, 5) is 63.0. The van der Waals surface area contributed by atoms with Gasteiger partial charge in [0.15, 0.2) is 6.61 Å². The lowest BCUT2D eigenvalue weighted by molar-refractivity contribution is -0.149. The van der Waals surface area contributed by atoms with Gasteiger partial charge in [-0.05, 0) is 49.4 Å². The summed E-state index contributed by atoms with van der Waals surface area (Å²) in [6.45, 7) is 1.41. The summed E-state index contributed by atoms with van der Waals surface area (Å²) in [6.07, 6.45) is 0.665. The standard InChI is InChI=1S/C23H24Br2N2O7/c1-2-33-23(32)11-3-5-12(6-4-11)26-15(28)10-34-16(29)7-8-27-21(30)17-13-9-14(18(17)22(27)31)20(25)19(13)24/h3-6,13-14,17-20H,2,7-10H2,1H3,(H,26,28)/t13-,14-,17-,18+,19+,20+/m1/s1. The molecular formula is C23H24Br2N2O7. The number of halogens is 2. The Morgan fingerprint density at radius 3 is 2.15 bits per heavy atom. The third-order valence-corrected chi connectivity index (χ3v) is 9.87. The van der Waals surface area contributed by atoms with Crippen LogP contribution in [0.5, 0.6) is 0 Å². The maximum atomic E-state index is 12.8. The quantitative estimate of drug-likeness (QED) is 0.277. The molecule has 1 N–H and O–H groups in total.